The van der Waals surface area contributed by atoms with Crippen LogP contribution in [0.4, 0.5) is 5.13 Å². The van der Waals surface area contributed by atoms with Crippen LogP contribution in [0.1, 0.15) is 17.8 Å². The summed E-state index contributed by atoms with van der Waals surface area (Å²) in [5, 5.41) is 14.3. The van der Waals surface area contributed by atoms with Crippen molar-refractivity contribution in [2.24, 2.45) is 0 Å². The van der Waals surface area contributed by atoms with Gasteiger partial charge in [-0.15, -0.1) is 10.2 Å². The SMILES string of the molecule is C1CCN(c2nnc(CN3CCNCC3)s2)C1. The number of hydrogen-bond acceptors (Lipinski definition) is 6. The van der Waals surface area contributed by atoms with Gasteiger partial charge in [0.2, 0.25) is 5.13 Å². The summed E-state index contributed by atoms with van der Waals surface area (Å²) in [6, 6.07) is 0. The first-order chi connectivity index (χ1) is 8.42. The first kappa shape index (κ1) is 11.4. The second-order valence-electron chi connectivity index (χ2n) is 4.70. The molecule has 0 aliphatic carbocycles. The second kappa shape index (κ2) is 5.29. The minimum atomic E-state index is 0.965. The first-order valence-corrected chi connectivity index (χ1v) is 7.24. The summed E-state index contributed by atoms with van der Waals surface area (Å²) in [6.07, 6.45) is 2.60. The van der Waals surface area contributed by atoms with E-state index in [2.05, 4.69) is 25.3 Å². The van der Waals surface area contributed by atoms with Crippen molar-refractivity contribution >= 4 is 16.5 Å². The van der Waals surface area contributed by atoms with E-state index in [1.165, 1.54) is 12.8 Å². The fourth-order valence-electron chi connectivity index (χ4n) is 2.41. The number of piperazine rings is 1. The van der Waals surface area contributed by atoms with Crippen LogP contribution in [0, 0.1) is 0 Å². The Balaban J connectivity index is 1.59. The van der Waals surface area contributed by atoms with Crippen LogP contribution in [0.15, 0.2) is 0 Å². The van der Waals surface area contributed by atoms with Gasteiger partial charge in [-0.25, -0.2) is 0 Å². The molecule has 3 heterocycles. The maximum absolute atomic E-state index is 4.32. The molecule has 0 unspecified atom stereocenters. The summed E-state index contributed by atoms with van der Waals surface area (Å²) in [5.74, 6) is 0. The highest BCUT2D eigenvalue weighted by Gasteiger charge is 2.18. The zero-order valence-corrected chi connectivity index (χ0v) is 10.9. The van der Waals surface area contributed by atoms with Crippen molar-refractivity contribution in [2.75, 3.05) is 44.2 Å². The van der Waals surface area contributed by atoms with Gasteiger partial charge in [0.15, 0.2) is 0 Å². The van der Waals surface area contributed by atoms with Crippen LogP contribution in [-0.2, 0) is 6.54 Å². The Hall–Kier alpha value is -0.720. The van der Waals surface area contributed by atoms with Crippen molar-refractivity contribution in [3.8, 4) is 0 Å². The Morgan fingerprint density at radius 2 is 1.82 bits per heavy atom. The van der Waals surface area contributed by atoms with E-state index >= 15 is 0 Å². The Morgan fingerprint density at radius 1 is 1.06 bits per heavy atom. The summed E-state index contributed by atoms with van der Waals surface area (Å²) in [6.45, 7) is 7.71. The van der Waals surface area contributed by atoms with E-state index in [1.54, 1.807) is 11.3 Å². The van der Waals surface area contributed by atoms with Gasteiger partial charge in [0.1, 0.15) is 5.01 Å². The zero-order valence-electron chi connectivity index (χ0n) is 10.1. The van der Waals surface area contributed by atoms with Crippen LogP contribution in [0.3, 0.4) is 0 Å². The molecule has 0 spiro atoms. The van der Waals surface area contributed by atoms with Crippen LogP contribution >= 0.6 is 11.3 Å². The van der Waals surface area contributed by atoms with Crippen LogP contribution in [0.25, 0.3) is 0 Å². The van der Waals surface area contributed by atoms with Gasteiger partial charge in [-0.1, -0.05) is 11.3 Å². The summed E-state index contributed by atoms with van der Waals surface area (Å²) < 4.78 is 0. The number of rotatable bonds is 3. The number of nitrogens with one attached hydrogen (secondary N) is 1. The average Bonchev–Trinajstić information content (AvgIpc) is 3.00. The van der Waals surface area contributed by atoms with Crippen molar-refractivity contribution in [1.29, 1.82) is 0 Å². The summed E-state index contributed by atoms with van der Waals surface area (Å²) >= 11 is 1.77. The van der Waals surface area contributed by atoms with E-state index in [-0.39, 0.29) is 0 Å². The Labute approximate surface area is 106 Å². The molecule has 0 bridgehead atoms. The molecule has 17 heavy (non-hydrogen) atoms. The maximum atomic E-state index is 4.32. The highest BCUT2D eigenvalue weighted by Crippen LogP contribution is 2.24. The standard InChI is InChI=1S/C11H19N5S/c1-2-6-16(5-1)11-14-13-10(17-11)9-15-7-3-12-4-8-15/h12H,1-9H2. The Bertz CT molecular complexity index is 354. The zero-order chi connectivity index (χ0) is 11.5. The number of nitrogens with zero attached hydrogens (tertiary/aromatic N) is 4. The van der Waals surface area contributed by atoms with Gasteiger partial charge in [-0.2, -0.15) is 0 Å². The minimum absolute atomic E-state index is 0.965. The molecule has 3 rings (SSSR count). The first-order valence-electron chi connectivity index (χ1n) is 6.42. The number of aromatic nitrogens is 2. The van der Waals surface area contributed by atoms with Gasteiger partial charge in [0.25, 0.3) is 0 Å². The smallest absolute Gasteiger partial charge is 0.208 e. The quantitative estimate of drug-likeness (QED) is 0.852. The average molecular weight is 253 g/mol. The molecule has 0 radical (unpaired) electrons. The molecule has 1 aromatic rings. The van der Waals surface area contributed by atoms with Gasteiger partial charge in [-0.3, -0.25) is 4.90 Å². The highest BCUT2D eigenvalue weighted by atomic mass is 32.1. The molecule has 0 saturated carbocycles. The number of hydrogen-bond donors (Lipinski definition) is 1. The fraction of sp³-hybridized carbons (Fsp3) is 0.818. The minimum Gasteiger partial charge on any atom is -0.347 e. The maximum Gasteiger partial charge on any atom is 0.208 e. The molecule has 0 atom stereocenters. The monoisotopic (exact) mass is 253 g/mol. The normalized spacial score (nSPS) is 22.2. The van der Waals surface area contributed by atoms with Crippen LogP contribution in [0.5, 0.6) is 0 Å². The second-order valence-corrected chi connectivity index (χ2v) is 5.74. The van der Waals surface area contributed by atoms with Gasteiger partial charge >= 0.3 is 0 Å². The molecule has 1 aromatic heterocycles. The molecule has 2 saturated heterocycles. The lowest BCUT2D eigenvalue weighted by Crippen LogP contribution is -2.42. The third kappa shape index (κ3) is 2.75. The Morgan fingerprint density at radius 3 is 2.59 bits per heavy atom. The van der Waals surface area contributed by atoms with Crippen LogP contribution < -0.4 is 10.2 Å². The largest absolute Gasteiger partial charge is 0.347 e. The molecule has 5 nitrogen and oxygen atoms in total. The molecule has 0 aromatic carbocycles. The van der Waals surface area contributed by atoms with E-state index in [9.17, 15) is 0 Å². The van der Waals surface area contributed by atoms with E-state index in [1.807, 2.05) is 0 Å². The van der Waals surface area contributed by atoms with Gasteiger partial charge < -0.3 is 10.2 Å². The third-order valence-corrected chi connectivity index (χ3v) is 4.37. The summed E-state index contributed by atoms with van der Waals surface area (Å²) in [5.41, 5.74) is 0. The van der Waals surface area contributed by atoms with Crippen LogP contribution in [-0.4, -0.2) is 54.4 Å². The van der Waals surface area contributed by atoms with Gasteiger partial charge in [-0.05, 0) is 12.8 Å². The molecule has 2 aliphatic heterocycles. The van der Waals surface area contributed by atoms with Crippen LogP contribution in [0.2, 0.25) is 0 Å². The molecule has 2 fully saturated rings. The summed E-state index contributed by atoms with van der Waals surface area (Å²) in [7, 11) is 0. The highest BCUT2D eigenvalue weighted by molar-refractivity contribution is 7.15. The molecule has 2 aliphatic rings. The lowest BCUT2D eigenvalue weighted by atomic mass is 10.4. The lowest BCUT2D eigenvalue weighted by molar-refractivity contribution is 0.232. The molecule has 94 valence electrons. The molecule has 0 amide bonds. The lowest BCUT2D eigenvalue weighted by Gasteiger charge is -2.25. The molecular weight excluding hydrogens is 234 g/mol. The summed E-state index contributed by atoms with van der Waals surface area (Å²) in [4.78, 5) is 4.81. The van der Waals surface area contributed by atoms with Crippen molar-refractivity contribution in [2.45, 2.75) is 19.4 Å². The third-order valence-electron chi connectivity index (χ3n) is 3.40. The molecule has 1 N–H and O–H groups in total. The van der Waals surface area contributed by atoms with Crippen molar-refractivity contribution < 1.29 is 0 Å². The van der Waals surface area contributed by atoms with E-state index in [0.717, 1.165) is 56.0 Å². The van der Waals surface area contributed by atoms with Gasteiger partial charge in [0.05, 0.1) is 6.54 Å². The van der Waals surface area contributed by atoms with E-state index in [0.29, 0.717) is 0 Å². The topological polar surface area (TPSA) is 44.3 Å². The van der Waals surface area contributed by atoms with Gasteiger partial charge in [0, 0.05) is 39.3 Å². The number of anilines is 1. The van der Waals surface area contributed by atoms with Crippen molar-refractivity contribution in [3.05, 3.63) is 5.01 Å². The van der Waals surface area contributed by atoms with Crippen molar-refractivity contribution in [3.63, 3.8) is 0 Å². The predicted octanol–water partition coefficient (Wildman–Crippen LogP) is 0.543. The molecular formula is C11H19N5S. The predicted molar refractivity (Wildman–Crippen MR) is 69.5 cm³/mol. The van der Waals surface area contributed by atoms with Crippen molar-refractivity contribution in [1.82, 2.24) is 20.4 Å². The van der Waals surface area contributed by atoms with E-state index in [4.69, 9.17) is 0 Å². The fourth-order valence-corrected chi connectivity index (χ4v) is 3.34. The Kier molecular flexibility index (Phi) is 3.54. The molecule has 6 heteroatoms. The van der Waals surface area contributed by atoms with E-state index < -0.39 is 0 Å².